The summed E-state index contributed by atoms with van der Waals surface area (Å²) in [5.41, 5.74) is 2.60. The predicted octanol–water partition coefficient (Wildman–Crippen LogP) is 6.94. The van der Waals surface area contributed by atoms with Crippen LogP contribution in [0.3, 0.4) is 0 Å². The van der Waals surface area contributed by atoms with Crippen molar-refractivity contribution in [2.45, 2.75) is 69.0 Å². The molecule has 1 atom stereocenters. The number of sulfonamides is 1. The number of anilines is 1. The van der Waals surface area contributed by atoms with Crippen molar-refractivity contribution >= 4 is 39.1 Å². The predicted molar refractivity (Wildman–Crippen MR) is 190 cm³/mol. The molecule has 8 nitrogen and oxygen atoms in total. The van der Waals surface area contributed by atoms with Gasteiger partial charge >= 0.3 is 0 Å². The second-order valence-electron chi connectivity index (χ2n) is 12.2. The highest BCUT2D eigenvalue weighted by molar-refractivity contribution is 7.92. The van der Waals surface area contributed by atoms with E-state index in [2.05, 4.69) is 5.32 Å². The van der Waals surface area contributed by atoms with Gasteiger partial charge in [-0.15, -0.1) is 0 Å². The lowest BCUT2D eigenvalue weighted by Gasteiger charge is -2.35. The van der Waals surface area contributed by atoms with E-state index in [1.807, 2.05) is 49.4 Å². The fourth-order valence-electron chi connectivity index (χ4n) is 6.16. The van der Waals surface area contributed by atoms with Crippen molar-refractivity contribution in [1.29, 1.82) is 0 Å². The molecule has 1 fully saturated rings. The molecule has 4 aromatic carbocycles. The van der Waals surface area contributed by atoms with E-state index < -0.39 is 28.5 Å². The second-order valence-corrected chi connectivity index (χ2v) is 14.5. The Labute approximate surface area is 288 Å². The molecule has 5 rings (SSSR count). The van der Waals surface area contributed by atoms with E-state index in [9.17, 15) is 18.0 Å². The summed E-state index contributed by atoms with van der Waals surface area (Å²) in [6.07, 6.45) is 5.19. The summed E-state index contributed by atoms with van der Waals surface area (Å²) in [6, 6.07) is 28.9. The molecule has 1 N–H and O–H groups in total. The smallest absolute Gasteiger partial charge is 0.264 e. The minimum absolute atomic E-state index is 0.0131. The zero-order valence-electron chi connectivity index (χ0n) is 27.3. The summed E-state index contributed by atoms with van der Waals surface area (Å²) in [4.78, 5) is 30.5. The van der Waals surface area contributed by atoms with Crippen LogP contribution < -0.4 is 14.4 Å². The number of benzene rings is 4. The molecule has 0 bridgehead atoms. The van der Waals surface area contributed by atoms with Crippen LogP contribution in [-0.2, 0) is 32.6 Å². The van der Waals surface area contributed by atoms with Crippen molar-refractivity contribution in [1.82, 2.24) is 10.2 Å². The van der Waals surface area contributed by atoms with Crippen LogP contribution in [0.4, 0.5) is 5.69 Å². The third kappa shape index (κ3) is 8.76. The Balaban J connectivity index is 1.60. The lowest BCUT2D eigenvalue weighted by molar-refractivity contribution is -0.140. The number of hydrogen-bond acceptors (Lipinski definition) is 5. The first-order valence-corrected chi connectivity index (χ1v) is 18.1. The Kier molecular flexibility index (Phi) is 11.8. The minimum atomic E-state index is -4.25. The van der Waals surface area contributed by atoms with E-state index in [1.165, 1.54) is 24.1 Å². The maximum atomic E-state index is 14.8. The van der Waals surface area contributed by atoms with Gasteiger partial charge in [-0.3, -0.25) is 13.9 Å². The van der Waals surface area contributed by atoms with E-state index in [1.54, 1.807) is 48.5 Å². The standard InChI is InChI=1S/C38H42ClN3O5S/c1-28-21-22-36(47-2)34(23-28)42(48(45,46)33-19-10-5-11-20-33)27-37(43)41(26-30-15-12-16-31(39)24-30)35(25-29-13-6-3-7-14-29)38(44)40-32-17-8-4-9-18-32/h3,5-7,10-16,19-24,32,35H,4,8-9,17-18,25-27H2,1-2H3,(H,40,44)/t35-/m0/s1. The van der Waals surface area contributed by atoms with E-state index in [4.69, 9.17) is 16.3 Å². The van der Waals surface area contributed by atoms with Gasteiger partial charge in [-0.05, 0) is 72.9 Å². The number of nitrogens with zero attached hydrogens (tertiary/aromatic N) is 2. The summed E-state index contributed by atoms with van der Waals surface area (Å²) in [5, 5.41) is 3.72. The Morgan fingerprint density at radius 1 is 0.875 bits per heavy atom. The van der Waals surface area contributed by atoms with Crippen LogP contribution >= 0.6 is 11.6 Å². The third-order valence-corrected chi connectivity index (χ3v) is 10.7. The normalized spacial score (nSPS) is 14.1. The molecule has 1 aliphatic rings. The van der Waals surface area contributed by atoms with Crippen molar-refractivity contribution in [3.63, 3.8) is 0 Å². The molecule has 1 aliphatic carbocycles. The van der Waals surface area contributed by atoms with Gasteiger partial charge in [0.25, 0.3) is 10.0 Å². The molecule has 1 saturated carbocycles. The van der Waals surface area contributed by atoms with Crippen molar-refractivity contribution in [3.8, 4) is 5.75 Å². The maximum Gasteiger partial charge on any atom is 0.264 e. The highest BCUT2D eigenvalue weighted by Gasteiger charge is 2.36. The van der Waals surface area contributed by atoms with Gasteiger partial charge in [0.05, 0.1) is 17.7 Å². The number of aryl methyl sites for hydroxylation is 1. The van der Waals surface area contributed by atoms with Crippen molar-refractivity contribution in [3.05, 3.63) is 125 Å². The average molecular weight is 688 g/mol. The molecular formula is C38H42ClN3O5S. The largest absolute Gasteiger partial charge is 0.495 e. The molecule has 2 amide bonds. The summed E-state index contributed by atoms with van der Waals surface area (Å²) >= 11 is 6.36. The van der Waals surface area contributed by atoms with Crippen molar-refractivity contribution < 1.29 is 22.7 Å². The van der Waals surface area contributed by atoms with Crippen molar-refractivity contribution in [2.75, 3.05) is 18.0 Å². The van der Waals surface area contributed by atoms with Crippen LogP contribution in [0, 0.1) is 6.92 Å². The number of amides is 2. The minimum Gasteiger partial charge on any atom is -0.495 e. The Hall–Kier alpha value is -4.34. The first kappa shape index (κ1) is 35.0. The number of halogens is 1. The quantitative estimate of drug-likeness (QED) is 0.164. The molecule has 0 aromatic heterocycles. The van der Waals surface area contributed by atoms with Gasteiger partial charge in [0.15, 0.2) is 0 Å². The van der Waals surface area contributed by atoms with Crippen LogP contribution in [0.5, 0.6) is 5.75 Å². The first-order valence-electron chi connectivity index (χ1n) is 16.3. The Morgan fingerprint density at radius 3 is 2.21 bits per heavy atom. The van der Waals surface area contributed by atoms with E-state index in [-0.39, 0.29) is 35.5 Å². The number of ether oxygens (including phenoxy) is 1. The Bertz CT molecular complexity index is 1800. The molecule has 10 heteroatoms. The number of rotatable bonds is 13. The lowest BCUT2D eigenvalue weighted by atomic mass is 9.94. The molecule has 0 saturated heterocycles. The van der Waals surface area contributed by atoms with Gasteiger partial charge in [-0.1, -0.05) is 97.6 Å². The topological polar surface area (TPSA) is 96.0 Å². The highest BCUT2D eigenvalue weighted by atomic mass is 35.5. The second kappa shape index (κ2) is 16.2. The van der Waals surface area contributed by atoms with Crippen molar-refractivity contribution in [2.24, 2.45) is 0 Å². The lowest BCUT2D eigenvalue weighted by Crippen LogP contribution is -2.55. The average Bonchev–Trinajstić information content (AvgIpc) is 3.09. The molecule has 252 valence electrons. The maximum absolute atomic E-state index is 14.8. The number of methoxy groups -OCH3 is 1. The zero-order chi connectivity index (χ0) is 34.1. The van der Waals surface area contributed by atoms with Crippen LogP contribution in [0.2, 0.25) is 5.02 Å². The summed E-state index contributed by atoms with van der Waals surface area (Å²) in [5.74, 6) is -0.519. The summed E-state index contributed by atoms with van der Waals surface area (Å²) in [7, 11) is -2.80. The SMILES string of the molecule is COc1ccc(C)cc1N(CC(=O)N(Cc1cccc(Cl)c1)[C@@H](Cc1ccccc1)C(=O)NC1CCCCC1)S(=O)(=O)c1ccccc1. The Morgan fingerprint density at radius 2 is 1.54 bits per heavy atom. The summed E-state index contributed by atoms with van der Waals surface area (Å²) in [6.45, 7) is 1.31. The molecule has 0 unspecified atom stereocenters. The van der Waals surface area contributed by atoms with E-state index in [0.717, 1.165) is 47.5 Å². The zero-order valence-corrected chi connectivity index (χ0v) is 28.9. The molecule has 48 heavy (non-hydrogen) atoms. The molecule has 0 spiro atoms. The highest BCUT2D eigenvalue weighted by Crippen LogP contribution is 2.34. The molecule has 0 aliphatic heterocycles. The monoisotopic (exact) mass is 687 g/mol. The van der Waals surface area contributed by atoms with Gasteiger partial charge < -0.3 is 15.0 Å². The third-order valence-electron chi connectivity index (χ3n) is 8.68. The van der Waals surface area contributed by atoms with Gasteiger partial charge in [0, 0.05) is 24.0 Å². The van der Waals surface area contributed by atoms with E-state index >= 15 is 0 Å². The first-order chi connectivity index (χ1) is 23.2. The van der Waals surface area contributed by atoms with Crippen LogP contribution in [-0.4, -0.2) is 50.9 Å². The van der Waals surface area contributed by atoms with Crippen LogP contribution in [0.25, 0.3) is 0 Å². The van der Waals surface area contributed by atoms with Crippen LogP contribution in [0.15, 0.2) is 108 Å². The van der Waals surface area contributed by atoms with Gasteiger partial charge in [0.1, 0.15) is 18.3 Å². The van der Waals surface area contributed by atoms with Gasteiger partial charge in [-0.25, -0.2) is 8.42 Å². The molecule has 0 radical (unpaired) electrons. The van der Waals surface area contributed by atoms with Crippen LogP contribution in [0.1, 0.15) is 48.8 Å². The molecule has 4 aromatic rings. The number of hydrogen-bond donors (Lipinski definition) is 1. The van der Waals surface area contributed by atoms with E-state index in [0.29, 0.717) is 16.3 Å². The summed E-state index contributed by atoms with van der Waals surface area (Å²) < 4.78 is 35.4. The molecular weight excluding hydrogens is 646 g/mol. The fourth-order valence-corrected chi connectivity index (χ4v) is 7.81. The van der Waals surface area contributed by atoms with Gasteiger partial charge in [0.2, 0.25) is 11.8 Å². The number of carbonyl (C=O) groups excluding carboxylic acids is 2. The fraction of sp³-hybridized carbons (Fsp3) is 0.316. The number of nitrogens with one attached hydrogen (secondary N) is 1. The van der Waals surface area contributed by atoms with Gasteiger partial charge in [-0.2, -0.15) is 0 Å². The molecule has 0 heterocycles. The number of carbonyl (C=O) groups is 2.